The number of fused-ring (bicyclic) bond motifs is 1. The number of benzene rings is 2. The van der Waals surface area contributed by atoms with Crippen molar-refractivity contribution in [2.75, 3.05) is 23.3 Å². The minimum absolute atomic E-state index is 0.216. The van der Waals surface area contributed by atoms with Gasteiger partial charge in [-0.2, -0.15) is 5.10 Å². The number of hydrogen-bond acceptors (Lipinski definition) is 6. The van der Waals surface area contributed by atoms with Gasteiger partial charge in [0.1, 0.15) is 5.82 Å². The normalized spacial score (nSPS) is 14.9. The van der Waals surface area contributed by atoms with E-state index in [0.717, 1.165) is 37.5 Å². The molecular formula is C24H18F2N6S. The SMILES string of the molecule is FC1(F)CN(c2cc3ccc(-c4nccc(Nc5ccc(-c6cn[nH]c6)cc5)n4)cc3s2)C1. The highest BCUT2D eigenvalue weighted by Crippen LogP contribution is 2.40. The van der Waals surface area contributed by atoms with Gasteiger partial charge >= 0.3 is 0 Å². The number of aromatic amines is 1. The van der Waals surface area contributed by atoms with Gasteiger partial charge in [-0.1, -0.05) is 24.3 Å². The predicted molar refractivity (Wildman–Crippen MR) is 127 cm³/mol. The number of thiophene rings is 1. The van der Waals surface area contributed by atoms with E-state index in [-0.39, 0.29) is 13.1 Å². The van der Waals surface area contributed by atoms with Gasteiger partial charge < -0.3 is 10.2 Å². The van der Waals surface area contributed by atoms with Crippen molar-refractivity contribution in [1.29, 1.82) is 0 Å². The van der Waals surface area contributed by atoms with Crippen molar-refractivity contribution in [1.82, 2.24) is 20.2 Å². The van der Waals surface area contributed by atoms with Crippen LogP contribution in [0.15, 0.2) is 73.2 Å². The molecule has 0 spiro atoms. The lowest BCUT2D eigenvalue weighted by atomic mass is 10.1. The highest BCUT2D eigenvalue weighted by molar-refractivity contribution is 7.22. The molecule has 0 atom stereocenters. The molecule has 2 aromatic carbocycles. The lowest BCUT2D eigenvalue weighted by Crippen LogP contribution is -2.56. The molecule has 9 heteroatoms. The Morgan fingerprint density at radius 3 is 2.55 bits per heavy atom. The summed E-state index contributed by atoms with van der Waals surface area (Å²) >= 11 is 1.51. The second kappa shape index (κ2) is 7.63. The molecule has 4 heterocycles. The molecular weight excluding hydrogens is 442 g/mol. The van der Waals surface area contributed by atoms with Gasteiger partial charge in [0.05, 0.1) is 24.3 Å². The number of halogens is 2. The maximum Gasteiger partial charge on any atom is 0.282 e. The molecule has 0 amide bonds. The molecule has 2 N–H and O–H groups in total. The number of H-pyrrole nitrogens is 1. The van der Waals surface area contributed by atoms with Crippen LogP contribution in [0.25, 0.3) is 32.6 Å². The maximum absolute atomic E-state index is 13.2. The Hall–Kier alpha value is -3.85. The van der Waals surface area contributed by atoms with Crippen LogP contribution in [0, 0.1) is 0 Å². The number of rotatable bonds is 5. The molecule has 6 rings (SSSR count). The first-order valence-electron chi connectivity index (χ1n) is 10.4. The van der Waals surface area contributed by atoms with Crippen molar-refractivity contribution >= 4 is 37.9 Å². The summed E-state index contributed by atoms with van der Waals surface area (Å²) in [7, 11) is 0. The Morgan fingerprint density at radius 2 is 1.79 bits per heavy atom. The zero-order chi connectivity index (χ0) is 22.4. The lowest BCUT2D eigenvalue weighted by molar-refractivity contribution is -0.0258. The molecule has 6 nitrogen and oxygen atoms in total. The number of hydrogen-bond donors (Lipinski definition) is 2. The van der Waals surface area contributed by atoms with E-state index < -0.39 is 5.92 Å². The molecule has 33 heavy (non-hydrogen) atoms. The second-order valence-electron chi connectivity index (χ2n) is 8.00. The molecule has 0 unspecified atom stereocenters. The minimum Gasteiger partial charge on any atom is -0.351 e. The topological polar surface area (TPSA) is 69.7 Å². The van der Waals surface area contributed by atoms with Crippen LogP contribution in [0.1, 0.15) is 0 Å². The third-order valence-corrected chi connectivity index (χ3v) is 6.72. The summed E-state index contributed by atoms with van der Waals surface area (Å²) in [6.45, 7) is -0.431. The summed E-state index contributed by atoms with van der Waals surface area (Å²) < 4.78 is 27.5. The van der Waals surface area contributed by atoms with Gasteiger partial charge in [0.15, 0.2) is 5.82 Å². The van der Waals surface area contributed by atoms with E-state index in [9.17, 15) is 8.78 Å². The van der Waals surface area contributed by atoms with Gasteiger partial charge in [0, 0.05) is 33.9 Å². The van der Waals surface area contributed by atoms with Crippen LogP contribution < -0.4 is 10.2 Å². The summed E-state index contributed by atoms with van der Waals surface area (Å²) in [4.78, 5) is 10.8. The number of aromatic nitrogens is 4. The highest BCUT2D eigenvalue weighted by Gasteiger charge is 2.44. The van der Waals surface area contributed by atoms with E-state index in [2.05, 4.69) is 25.5 Å². The molecule has 1 aliphatic rings. The molecule has 0 aliphatic carbocycles. The number of alkyl halides is 2. The molecule has 1 fully saturated rings. The molecule has 1 saturated heterocycles. The van der Waals surface area contributed by atoms with Crippen molar-refractivity contribution in [3.63, 3.8) is 0 Å². The van der Waals surface area contributed by atoms with E-state index >= 15 is 0 Å². The summed E-state index contributed by atoms with van der Waals surface area (Å²) in [5, 5.41) is 12.0. The van der Waals surface area contributed by atoms with Gasteiger partial charge in [-0.3, -0.25) is 5.10 Å². The Morgan fingerprint density at radius 1 is 0.970 bits per heavy atom. The van der Waals surface area contributed by atoms with Gasteiger partial charge in [0.2, 0.25) is 0 Å². The highest BCUT2D eigenvalue weighted by atomic mass is 32.1. The number of nitrogens with zero attached hydrogens (tertiary/aromatic N) is 4. The van der Waals surface area contributed by atoms with E-state index in [1.54, 1.807) is 17.3 Å². The summed E-state index contributed by atoms with van der Waals surface area (Å²) in [6.07, 6.45) is 5.35. The van der Waals surface area contributed by atoms with Crippen LogP contribution in [0.3, 0.4) is 0 Å². The molecule has 0 bridgehead atoms. The molecule has 1 aliphatic heterocycles. The Balaban J connectivity index is 1.22. The van der Waals surface area contributed by atoms with Crippen LogP contribution >= 0.6 is 11.3 Å². The van der Waals surface area contributed by atoms with Crippen molar-refractivity contribution in [2.24, 2.45) is 0 Å². The fraction of sp³-hybridized carbons (Fsp3) is 0.125. The third kappa shape index (κ3) is 3.91. The monoisotopic (exact) mass is 460 g/mol. The van der Waals surface area contributed by atoms with Crippen LogP contribution in [-0.4, -0.2) is 39.2 Å². The Kier molecular flexibility index (Phi) is 4.58. The Bertz CT molecular complexity index is 1420. The molecule has 5 aromatic rings. The first-order valence-corrected chi connectivity index (χ1v) is 11.2. The van der Waals surface area contributed by atoms with Crippen molar-refractivity contribution < 1.29 is 8.78 Å². The number of nitrogens with one attached hydrogen (secondary N) is 2. The predicted octanol–water partition coefficient (Wildman–Crippen LogP) is 5.95. The largest absolute Gasteiger partial charge is 0.351 e. The quantitative estimate of drug-likeness (QED) is 0.339. The average Bonchev–Trinajstić information content (AvgIpc) is 3.48. The lowest BCUT2D eigenvalue weighted by Gasteiger charge is -2.39. The smallest absolute Gasteiger partial charge is 0.282 e. The molecule has 164 valence electrons. The van der Waals surface area contributed by atoms with Crippen molar-refractivity contribution in [3.05, 3.63) is 73.2 Å². The molecule has 0 saturated carbocycles. The summed E-state index contributed by atoms with van der Waals surface area (Å²) in [5.41, 5.74) is 3.89. The molecule has 0 radical (unpaired) electrons. The van der Waals surface area contributed by atoms with Gasteiger partial charge in [-0.25, -0.2) is 18.7 Å². The van der Waals surface area contributed by atoms with E-state index in [4.69, 9.17) is 0 Å². The van der Waals surface area contributed by atoms with Gasteiger partial charge in [-0.05, 0) is 41.3 Å². The molecule has 3 aromatic heterocycles. The Labute approximate surface area is 191 Å². The van der Waals surface area contributed by atoms with Gasteiger partial charge in [-0.15, -0.1) is 11.3 Å². The minimum atomic E-state index is -2.58. The number of anilines is 3. The van der Waals surface area contributed by atoms with Crippen LogP contribution in [-0.2, 0) is 0 Å². The fourth-order valence-electron chi connectivity index (χ4n) is 3.85. The van der Waals surface area contributed by atoms with Crippen LogP contribution in [0.2, 0.25) is 0 Å². The fourth-order valence-corrected chi connectivity index (χ4v) is 4.95. The third-order valence-electron chi connectivity index (χ3n) is 5.57. The summed E-state index contributed by atoms with van der Waals surface area (Å²) in [6, 6.07) is 17.8. The van der Waals surface area contributed by atoms with E-state index in [0.29, 0.717) is 11.6 Å². The summed E-state index contributed by atoms with van der Waals surface area (Å²) in [5.74, 6) is -1.30. The van der Waals surface area contributed by atoms with Gasteiger partial charge in [0.25, 0.3) is 5.92 Å². The zero-order valence-corrected chi connectivity index (χ0v) is 18.1. The van der Waals surface area contributed by atoms with Crippen molar-refractivity contribution in [3.8, 4) is 22.5 Å². The second-order valence-corrected chi connectivity index (χ2v) is 9.07. The van der Waals surface area contributed by atoms with E-state index in [1.807, 2.05) is 60.8 Å². The standard InChI is InChI=1S/C24H18F2N6S/c25-24(26)13-32(14-24)22-10-16-1-2-17(9-20(16)33-22)23-27-8-7-21(31-23)30-19-5-3-15(4-6-19)18-11-28-29-12-18/h1-12H,13-14H2,(H,28,29)(H,27,30,31). The first-order chi connectivity index (χ1) is 16.0. The zero-order valence-electron chi connectivity index (χ0n) is 17.3. The average molecular weight is 461 g/mol. The maximum atomic E-state index is 13.2. The van der Waals surface area contributed by atoms with Crippen LogP contribution in [0.5, 0.6) is 0 Å². The van der Waals surface area contributed by atoms with Crippen molar-refractivity contribution in [2.45, 2.75) is 5.92 Å². The van der Waals surface area contributed by atoms with Crippen LogP contribution in [0.4, 0.5) is 25.3 Å². The first kappa shape index (κ1) is 19.8. The van der Waals surface area contributed by atoms with E-state index in [1.165, 1.54) is 11.3 Å².